The second kappa shape index (κ2) is 8.02. The summed E-state index contributed by atoms with van der Waals surface area (Å²) in [4.78, 5) is 2.23. The van der Waals surface area contributed by atoms with E-state index in [9.17, 15) is 5.26 Å². The van der Waals surface area contributed by atoms with Crippen molar-refractivity contribution in [3.8, 4) is 6.07 Å². The van der Waals surface area contributed by atoms with Crippen molar-refractivity contribution in [2.75, 3.05) is 38.8 Å². The fourth-order valence-electron chi connectivity index (χ4n) is 2.68. The first kappa shape index (κ1) is 15.8. The summed E-state index contributed by atoms with van der Waals surface area (Å²) in [5.74, 6) is 0.803. The highest BCUT2D eigenvalue weighted by molar-refractivity contribution is 5.60. The van der Waals surface area contributed by atoms with Crippen LogP contribution in [-0.4, -0.2) is 33.9 Å². The van der Waals surface area contributed by atoms with Crippen LogP contribution in [-0.2, 0) is 11.3 Å². The number of benzene rings is 1. The molecule has 0 bridgehead atoms. The van der Waals surface area contributed by atoms with Crippen molar-refractivity contribution in [3.05, 3.63) is 29.3 Å². The van der Waals surface area contributed by atoms with Gasteiger partial charge >= 0.3 is 0 Å². The molecular formula is C17H25N3O. The van der Waals surface area contributed by atoms with Crippen LogP contribution in [0.4, 0.5) is 5.69 Å². The van der Waals surface area contributed by atoms with E-state index in [2.05, 4.69) is 35.5 Å². The smallest absolute Gasteiger partial charge is 0.101 e. The molecule has 0 spiro atoms. The highest BCUT2D eigenvalue weighted by Crippen LogP contribution is 2.29. The summed E-state index contributed by atoms with van der Waals surface area (Å²) in [5, 5.41) is 12.7. The van der Waals surface area contributed by atoms with Gasteiger partial charge in [-0.2, -0.15) is 5.26 Å². The average molecular weight is 287 g/mol. The second-order valence-electron chi connectivity index (χ2n) is 5.81. The second-order valence-corrected chi connectivity index (χ2v) is 5.81. The molecule has 1 aromatic rings. The molecule has 0 heterocycles. The average Bonchev–Trinajstić information content (AvgIpc) is 2.47. The lowest BCUT2D eigenvalue weighted by Gasteiger charge is -2.31. The van der Waals surface area contributed by atoms with E-state index >= 15 is 0 Å². The van der Waals surface area contributed by atoms with Crippen LogP contribution >= 0.6 is 0 Å². The Morgan fingerprint density at radius 3 is 2.86 bits per heavy atom. The van der Waals surface area contributed by atoms with E-state index in [0.717, 1.165) is 42.4 Å². The van der Waals surface area contributed by atoms with Crippen molar-refractivity contribution in [2.45, 2.75) is 25.8 Å². The third-order valence-electron chi connectivity index (χ3n) is 4.16. The van der Waals surface area contributed by atoms with Gasteiger partial charge in [0, 0.05) is 33.8 Å². The van der Waals surface area contributed by atoms with Gasteiger partial charge in [-0.3, -0.25) is 0 Å². The predicted molar refractivity (Wildman–Crippen MR) is 85.4 cm³/mol. The molecule has 1 aliphatic rings. The van der Waals surface area contributed by atoms with E-state index in [1.165, 1.54) is 19.3 Å². The number of nitrogens with one attached hydrogen (secondary N) is 1. The minimum absolute atomic E-state index is 0.702. The van der Waals surface area contributed by atoms with Gasteiger partial charge in [-0.15, -0.1) is 0 Å². The van der Waals surface area contributed by atoms with Gasteiger partial charge in [0.1, 0.15) is 6.07 Å². The molecule has 0 aliphatic heterocycles. The number of anilines is 1. The fraction of sp³-hybridized carbons (Fsp3) is 0.588. The van der Waals surface area contributed by atoms with Crippen LogP contribution in [0, 0.1) is 17.2 Å². The van der Waals surface area contributed by atoms with Gasteiger partial charge in [0.2, 0.25) is 0 Å². The predicted octanol–water partition coefficient (Wildman–Crippen LogP) is 2.53. The Kier molecular flexibility index (Phi) is 6.04. The van der Waals surface area contributed by atoms with Crippen LogP contribution in [0.25, 0.3) is 0 Å². The van der Waals surface area contributed by atoms with Crippen molar-refractivity contribution in [1.82, 2.24) is 5.32 Å². The van der Waals surface area contributed by atoms with Gasteiger partial charge in [-0.05, 0) is 36.5 Å². The van der Waals surface area contributed by atoms with Crippen LogP contribution in [0.1, 0.15) is 30.4 Å². The van der Waals surface area contributed by atoms with E-state index in [4.69, 9.17) is 4.74 Å². The van der Waals surface area contributed by atoms with Crippen LogP contribution in [0.5, 0.6) is 0 Å². The molecule has 1 N–H and O–H groups in total. The molecule has 114 valence electrons. The number of rotatable bonds is 8. The molecule has 21 heavy (non-hydrogen) atoms. The zero-order valence-electron chi connectivity index (χ0n) is 13.1. The Balaban J connectivity index is 1.96. The van der Waals surface area contributed by atoms with Crippen LogP contribution in [0.2, 0.25) is 0 Å². The monoisotopic (exact) mass is 287 g/mol. The number of nitrogens with zero attached hydrogens (tertiary/aromatic N) is 2. The Morgan fingerprint density at radius 2 is 2.24 bits per heavy atom. The van der Waals surface area contributed by atoms with Gasteiger partial charge in [0.25, 0.3) is 0 Å². The van der Waals surface area contributed by atoms with E-state index in [0.29, 0.717) is 6.61 Å². The standard InChI is InChI=1S/C17H25N3O/c1-20(13-14-4-3-5-14)17-7-6-15(10-16(17)11-18)12-19-8-9-21-2/h6-7,10,14,19H,3-5,8-9,12-13H2,1-2H3. The SMILES string of the molecule is COCCNCc1ccc(N(C)CC2CCC2)c(C#N)c1. The lowest BCUT2D eigenvalue weighted by Crippen LogP contribution is -2.29. The Labute approximate surface area is 127 Å². The molecule has 0 amide bonds. The summed E-state index contributed by atoms with van der Waals surface area (Å²) >= 11 is 0. The molecule has 1 saturated carbocycles. The van der Waals surface area contributed by atoms with Gasteiger partial charge < -0.3 is 15.0 Å². The van der Waals surface area contributed by atoms with E-state index in [-0.39, 0.29) is 0 Å². The van der Waals surface area contributed by atoms with Crippen molar-refractivity contribution in [2.24, 2.45) is 5.92 Å². The fourth-order valence-corrected chi connectivity index (χ4v) is 2.68. The maximum Gasteiger partial charge on any atom is 0.101 e. The molecule has 4 nitrogen and oxygen atoms in total. The first-order chi connectivity index (χ1) is 10.2. The minimum Gasteiger partial charge on any atom is -0.383 e. The minimum atomic E-state index is 0.702. The third kappa shape index (κ3) is 4.45. The van der Waals surface area contributed by atoms with Gasteiger partial charge in [0.15, 0.2) is 0 Å². The maximum absolute atomic E-state index is 9.39. The lowest BCUT2D eigenvalue weighted by atomic mass is 9.85. The molecule has 4 heteroatoms. The van der Waals surface area contributed by atoms with Crippen molar-refractivity contribution >= 4 is 5.69 Å². The van der Waals surface area contributed by atoms with E-state index in [1.54, 1.807) is 7.11 Å². The molecule has 0 aromatic heterocycles. The molecule has 1 aliphatic carbocycles. The molecule has 1 aromatic carbocycles. The summed E-state index contributed by atoms with van der Waals surface area (Å²) in [6.07, 6.45) is 4.01. The number of methoxy groups -OCH3 is 1. The molecule has 1 fully saturated rings. The van der Waals surface area contributed by atoms with Gasteiger partial charge in [0.05, 0.1) is 17.9 Å². The van der Waals surface area contributed by atoms with Crippen LogP contribution in [0.3, 0.4) is 0 Å². The van der Waals surface area contributed by atoms with Gasteiger partial charge in [-0.1, -0.05) is 12.5 Å². The van der Waals surface area contributed by atoms with Crippen LogP contribution < -0.4 is 10.2 Å². The number of ether oxygens (including phenoxy) is 1. The molecular weight excluding hydrogens is 262 g/mol. The summed E-state index contributed by atoms with van der Waals surface area (Å²) < 4.78 is 5.01. The van der Waals surface area contributed by atoms with E-state index < -0.39 is 0 Å². The molecule has 0 radical (unpaired) electrons. The molecule has 0 saturated heterocycles. The van der Waals surface area contributed by atoms with Crippen molar-refractivity contribution in [3.63, 3.8) is 0 Å². The zero-order valence-corrected chi connectivity index (χ0v) is 13.1. The highest BCUT2D eigenvalue weighted by atomic mass is 16.5. The van der Waals surface area contributed by atoms with Crippen LogP contribution in [0.15, 0.2) is 18.2 Å². The number of nitriles is 1. The first-order valence-corrected chi connectivity index (χ1v) is 7.68. The largest absolute Gasteiger partial charge is 0.383 e. The van der Waals surface area contributed by atoms with E-state index in [1.807, 2.05) is 6.07 Å². The summed E-state index contributed by atoms with van der Waals surface area (Å²) in [7, 11) is 3.78. The number of hydrogen-bond acceptors (Lipinski definition) is 4. The Bertz CT molecular complexity index is 491. The highest BCUT2D eigenvalue weighted by Gasteiger charge is 2.20. The maximum atomic E-state index is 9.39. The summed E-state index contributed by atoms with van der Waals surface area (Å²) in [5.41, 5.74) is 2.95. The topological polar surface area (TPSA) is 48.3 Å². The quantitative estimate of drug-likeness (QED) is 0.746. The number of hydrogen-bond donors (Lipinski definition) is 1. The summed E-state index contributed by atoms with van der Waals surface area (Å²) in [6, 6.07) is 8.50. The summed E-state index contributed by atoms with van der Waals surface area (Å²) in [6.45, 7) is 3.35. The first-order valence-electron chi connectivity index (χ1n) is 7.68. The van der Waals surface area contributed by atoms with Crippen molar-refractivity contribution < 1.29 is 4.74 Å². The molecule has 2 rings (SSSR count). The molecule has 0 atom stereocenters. The Hall–Kier alpha value is -1.57. The Morgan fingerprint density at radius 1 is 1.43 bits per heavy atom. The normalized spacial score (nSPS) is 14.5. The van der Waals surface area contributed by atoms with Crippen molar-refractivity contribution in [1.29, 1.82) is 5.26 Å². The third-order valence-corrected chi connectivity index (χ3v) is 4.16. The lowest BCUT2D eigenvalue weighted by molar-refractivity contribution is 0.199. The zero-order chi connectivity index (χ0) is 15.1. The molecule has 0 unspecified atom stereocenters. The van der Waals surface area contributed by atoms with Gasteiger partial charge in [-0.25, -0.2) is 0 Å².